The Morgan fingerprint density at radius 2 is 1.64 bits per heavy atom. The third-order valence-corrected chi connectivity index (χ3v) is 5.21. The first-order valence-electron chi connectivity index (χ1n) is 9.94. The van der Waals surface area contributed by atoms with Gasteiger partial charge in [-0.25, -0.2) is 4.79 Å². The number of nitrogens with zero attached hydrogens (tertiary/aromatic N) is 1. The van der Waals surface area contributed by atoms with Gasteiger partial charge in [-0.1, -0.05) is 48.5 Å². The van der Waals surface area contributed by atoms with Crippen LogP contribution in [-0.2, 0) is 16.2 Å². The lowest BCUT2D eigenvalue weighted by Crippen LogP contribution is -2.54. The summed E-state index contributed by atoms with van der Waals surface area (Å²) in [5, 5.41) is 11.6. The summed E-state index contributed by atoms with van der Waals surface area (Å²) in [6, 6.07) is 22.2. The van der Waals surface area contributed by atoms with Gasteiger partial charge in [0.25, 0.3) is 11.8 Å². The van der Waals surface area contributed by atoms with E-state index in [2.05, 4.69) is 5.32 Å². The number of thiocarbonyl (C=S) groups is 1. The lowest BCUT2D eigenvalue weighted by atomic mass is 10.1. The molecular weight excluding hydrogens is 440 g/mol. The van der Waals surface area contributed by atoms with Crippen molar-refractivity contribution >= 4 is 46.9 Å². The molecule has 1 saturated heterocycles. The molecule has 0 aliphatic carbocycles. The van der Waals surface area contributed by atoms with Crippen LogP contribution >= 0.6 is 12.2 Å². The van der Waals surface area contributed by atoms with Crippen LogP contribution in [0.25, 0.3) is 6.08 Å². The highest BCUT2D eigenvalue weighted by Gasteiger charge is 2.34. The minimum Gasteiger partial charge on any atom is -0.488 e. The molecular formula is C25H18N2O5S. The van der Waals surface area contributed by atoms with Crippen molar-refractivity contribution in [3.05, 3.63) is 101 Å². The quantitative estimate of drug-likeness (QED) is 0.332. The number of carboxylic acids is 1. The number of ether oxygens (including phenoxy) is 1. The molecule has 3 aromatic carbocycles. The molecule has 2 N–H and O–H groups in total. The van der Waals surface area contributed by atoms with E-state index in [1.54, 1.807) is 60.7 Å². The van der Waals surface area contributed by atoms with Crippen molar-refractivity contribution in [2.24, 2.45) is 0 Å². The summed E-state index contributed by atoms with van der Waals surface area (Å²) >= 11 is 5.21. The Morgan fingerprint density at radius 1 is 0.970 bits per heavy atom. The smallest absolute Gasteiger partial charge is 0.335 e. The molecule has 4 rings (SSSR count). The maximum atomic E-state index is 13.1. The second-order valence-electron chi connectivity index (χ2n) is 7.12. The Hall–Kier alpha value is -4.30. The third kappa shape index (κ3) is 4.81. The topological polar surface area (TPSA) is 95.9 Å². The number of amides is 2. The van der Waals surface area contributed by atoms with Crippen LogP contribution in [0.4, 0.5) is 5.69 Å². The SMILES string of the molecule is O=C1NC(=S)N(c2ccccc2)C(=O)/C1=C/c1ccccc1OCc1ccc(C(=O)O)cc1. The van der Waals surface area contributed by atoms with Crippen LogP contribution in [0.5, 0.6) is 5.75 Å². The number of aromatic carboxylic acids is 1. The van der Waals surface area contributed by atoms with Gasteiger partial charge in [-0.15, -0.1) is 0 Å². The van der Waals surface area contributed by atoms with Crippen LogP contribution in [0.3, 0.4) is 0 Å². The van der Waals surface area contributed by atoms with Crippen LogP contribution in [0.1, 0.15) is 21.5 Å². The van der Waals surface area contributed by atoms with Gasteiger partial charge in [0.15, 0.2) is 5.11 Å². The fourth-order valence-electron chi connectivity index (χ4n) is 3.26. The highest BCUT2D eigenvalue weighted by Crippen LogP contribution is 2.26. The molecule has 33 heavy (non-hydrogen) atoms. The largest absolute Gasteiger partial charge is 0.488 e. The number of carbonyl (C=O) groups excluding carboxylic acids is 2. The molecule has 0 aromatic heterocycles. The van der Waals surface area contributed by atoms with Gasteiger partial charge < -0.3 is 9.84 Å². The van der Waals surface area contributed by atoms with Gasteiger partial charge in [-0.3, -0.25) is 19.8 Å². The number of anilines is 1. The molecule has 0 spiro atoms. The van der Waals surface area contributed by atoms with Crippen molar-refractivity contribution in [1.29, 1.82) is 0 Å². The van der Waals surface area contributed by atoms with Gasteiger partial charge in [-0.2, -0.15) is 0 Å². The number of carbonyl (C=O) groups is 3. The Balaban J connectivity index is 1.59. The number of nitrogens with one attached hydrogen (secondary N) is 1. The predicted octanol–water partition coefficient (Wildman–Crippen LogP) is 3.80. The molecule has 3 aromatic rings. The van der Waals surface area contributed by atoms with Gasteiger partial charge >= 0.3 is 5.97 Å². The van der Waals surface area contributed by atoms with Gasteiger partial charge in [0, 0.05) is 5.56 Å². The Morgan fingerprint density at radius 3 is 2.33 bits per heavy atom. The summed E-state index contributed by atoms with van der Waals surface area (Å²) in [4.78, 5) is 38.0. The van der Waals surface area contributed by atoms with E-state index in [4.69, 9.17) is 22.1 Å². The van der Waals surface area contributed by atoms with E-state index in [1.807, 2.05) is 6.07 Å². The molecule has 0 bridgehead atoms. The predicted molar refractivity (Wildman–Crippen MR) is 127 cm³/mol. The summed E-state index contributed by atoms with van der Waals surface area (Å²) in [6.07, 6.45) is 1.47. The normalized spacial score (nSPS) is 14.8. The van der Waals surface area contributed by atoms with Crippen molar-refractivity contribution in [3.63, 3.8) is 0 Å². The van der Waals surface area contributed by atoms with E-state index in [9.17, 15) is 14.4 Å². The van der Waals surface area contributed by atoms with Crippen molar-refractivity contribution < 1.29 is 24.2 Å². The van der Waals surface area contributed by atoms with Crippen molar-refractivity contribution in [1.82, 2.24) is 5.32 Å². The Bertz CT molecular complexity index is 1270. The van der Waals surface area contributed by atoms with Crippen molar-refractivity contribution in [3.8, 4) is 5.75 Å². The lowest BCUT2D eigenvalue weighted by Gasteiger charge is -2.28. The first-order chi connectivity index (χ1) is 15.9. The number of para-hydroxylation sites is 2. The standard InChI is InChI=1S/C25H18N2O5S/c28-22-20(23(29)27(25(33)26-22)19-7-2-1-3-8-19)14-18-6-4-5-9-21(18)32-15-16-10-12-17(13-11-16)24(30)31/h1-14H,15H2,(H,30,31)(H,26,28,33)/b20-14+. The summed E-state index contributed by atoms with van der Waals surface area (Å²) < 4.78 is 5.89. The fraction of sp³-hybridized carbons (Fsp3) is 0.0400. The van der Waals surface area contributed by atoms with Crippen LogP contribution in [0.15, 0.2) is 84.4 Å². The average Bonchev–Trinajstić information content (AvgIpc) is 2.82. The zero-order valence-electron chi connectivity index (χ0n) is 17.2. The van der Waals surface area contributed by atoms with Gasteiger partial charge in [0.2, 0.25) is 0 Å². The van der Waals surface area contributed by atoms with E-state index >= 15 is 0 Å². The van der Waals surface area contributed by atoms with E-state index in [1.165, 1.54) is 23.1 Å². The molecule has 7 nitrogen and oxygen atoms in total. The molecule has 1 aliphatic rings. The maximum Gasteiger partial charge on any atom is 0.335 e. The minimum absolute atomic E-state index is 0.0164. The minimum atomic E-state index is -1.00. The number of hydrogen-bond donors (Lipinski definition) is 2. The summed E-state index contributed by atoms with van der Waals surface area (Å²) in [5.41, 5.74) is 1.97. The van der Waals surface area contributed by atoms with E-state index in [-0.39, 0.29) is 22.9 Å². The van der Waals surface area contributed by atoms with Crippen LogP contribution in [0, 0.1) is 0 Å². The fourth-order valence-corrected chi connectivity index (χ4v) is 3.54. The third-order valence-electron chi connectivity index (χ3n) is 4.93. The zero-order chi connectivity index (χ0) is 23.4. The van der Waals surface area contributed by atoms with Gasteiger partial charge in [0.1, 0.15) is 17.9 Å². The molecule has 2 amide bonds. The molecule has 1 aliphatic heterocycles. The van der Waals surface area contributed by atoms with Crippen molar-refractivity contribution in [2.75, 3.05) is 4.90 Å². The Kier molecular flexibility index (Phi) is 6.28. The summed E-state index contributed by atoms with van der Waals surface area (Å²) in [6.45, 7) is 0.181. The molecule has 0 unspecified atom stereocenters. The van der Waals surface area contributed by atoms with Gasteiger partial charge in [0.05, 0.1) is 11.3 Å². The van der Waals surface area contributed by atoms with E-state index < -0.39 is 17.8 Å². The van der Waals surface area contributed by atoms with Crippen LogP contribution in [0.2, 0.25) is 0 Å². The molecule has 1 fully saturated rings. The molecule has 0 atom stereocenters. The Labute approximate surface area is 194 Å². The molecule has 0 saturated carbocycles. The second-order valence-corrected chi connectivity index (χ2v) is 7.51. The molecule has 1 heterocycles. The maximum absolute atomic E-state index is 13.1. The van der Waals surface area contributed by atoms with Crippen molar-refractivity contribution in [2.45, 2.75) is 6.61 Å². The highest BCUT2D eigenvalue weighted by molar-refractivity contribution is 7.80. The van der Waals surface area contributed by atoms with Crippen LogP contribution < -0.4 is 15.0 Å². The summed E-state index contributed by atoms with van der Waals surface area (Å²) in [5.74, 6) is -1.66. The van der Waals surface area contributed by atoms with E-state index in [0.29, 0.717) is 17.0 Å². The second kappa shape index (κ2) is 9.46. The van der Waals surface area contributed by atoms with Crippen LogP contribution in [-0.4, -0.2) is 28.0 Å². The molecule has 0 radical (unpaired) electrons. The lowest BCUT2D eigenvalue weighted by molar-refractivity contribution is -0.122. The van der Waals surface area contributed by atoms with Gasteiger partial charge in [-0.05, 0) is 54.2 Å². The molecule has 164 valence electrons. The van der Waals surface area contributed by atoms with E-state index in [0.717, 1.165) is 5.56 Å². The highest BCUT2D eigenvalue weighted by atomic mass is 32.1. The number of hydrogen-bond acceptors (Lipinski definition) is 5. The first-order valence-corrected chi connectivity index (χ1v) is 10.4. The monoisotopic (exact) mass is 458 g/mol. The average molecular weight is 458 g/mol. The molecule has 8 heteroatoms. The first kappa shape index (κ1) is 21.9. The number of carboxylic acid groups (broad SMARTS) is 1. The summed E-state index contributed by atoms with van der Waals surface area (Å²) in [7, 11) is 0. The zero-order valence-corrected chi connectivity index (χ0v) is 18.0. The number of rotatable bonds is 6. The number of benzene rings is 3.